The van der Waals surface area contributed by atoms with Crippen LogP contribution >= 0.6 is 11.6 Å². The smallest absolute Gasteiger partial charge is 0.344 e. The van der Waals surface area contributed by atoms with Gasteiger partial charge in [-0.25, -0.2) is 10.2 Å². The Labute approximate surface area is 185 Å². The van der Waals surface area contributed by atoms with Crippen molar-refractivity contribution in [2.75, 3.05) is 18.5 Å². The molecule has 0 fully saturated rings. The van der Waals surface area contributed by atoms with Gasteiger partial charge in [0.15, 0.2) is 6.61 Å². The summed E-state index contributed by atoms with van der Waals surface area (Å²) in [5.74, 6) is -0.687. The molecule has 2 aromatic rings. The Kier molecular flexibility index (Phi) is 9.51. The number of esters is 1. The van der Waals surface area contributed by atoms with Crippen LogP contribution in [0.25, 0.3) is 0 Å². The summed E-state index contributed by atoms with van der Waals surface area (Å²) in [7, 11) is 0. The highest BCUT2D eigenvalue weighted by Gasteiger charge is 2.08. The van der Waals surface area contributed by atoms with Gasteiger partial charge in [0.1, 0.15) is 5.75 Å². The quantitative estimate of drug-likeness (QED) is 0.331. The third-order valence-electron chi connectivity index (χ3n) is 3.96. The molecular weight excluding hydrogens is 422 g/mol. The first-order valence-electron chi connectivity index (χ1n) is 9.63. The molecule has 0 radical (unpaired) electrons. The van der Waals surface area contributed by atoms with E-state index in [1.165, 1.54) is 6.21 Å². The van der Waals surface area contributed by atoms with E-state index in [4.69, 9.17) is 21.1 Å². The number of aryl methyl sites for hydroxylation is 1. The third-order valence-corrected chi connectivity index (χ3v) is 4.36. The number of nitrogens with one attached hydrogen (secondary N) is 2. The summed E-state index contributed by atoms with van der Waals surface area (Å²) in [5.41, 5.74) is 4.51. The molecule has 0 saturated carbocycles. The second-order valence-corrected chi connectivity index (χ2v) is 6.88. The Bertz CT molecular complexity index is 962. The monoisotopic (exact) mass is 445 g/mol. The number of hydrazone groups is 1. The predicted molar refractivity (Wildman–Crippen MR) is 118 cm³/mol. The number of hydrogen-bond donors (Lipinski definition) is 2. The summed E-state index contributed by atoms with van der Waals surface area (Å²) >= 11 is 6.03. The van der Waals surface area contributed by atoms with Crippen LogP contribution in [0.1, 0.15) is 30.9 Å². The van der Waals surface area contributed by atoms with Crippen LogP contribution in [0.3, 0.4) is 0 Å². The van der Waals surface area contributed by atoms with Crippen LogP contribution in [-0.2, 0) is 19.1 Å². The Morgan fingerprint density at radius 3 is 2.61 bits per heavy atom. The lowest BCUT2D eigenvalue weighted by atomic mass is 10.2. The van der Waals surface area contributed by atoms with Gasteiger partial charge >= 0.3 is 5.97 Å². The fourth-order valence-electron chi connectivity index (χ4n) is 2.39. The minimum absolute atomic E-state index is 0.00400. The van der Waals surface area contributed by atoms with E-state index in [9.17, 15) is 14.4 Å². The Balaban J connectivity index is 1.75. The molecule has 2 N–H and O–H groups in total. The lowest BCUT2D eigenvalue weighted by molar-refractivity contribution is -0.145. The second kappa shape index (κ2) is 12.3. The summed E-state index contributed by atoms with van der Waals surface area (Å²) < 4.78 is 10.1. The molecule has 0 atom stereocenters. The fourth-order valence-corrected chi connectivity index (χ4v) is 2.57. The molecule has 0 bridgehead atoms. The summed E-state index contributed by atoms with van der Waals surface area (Å²) in [6.07, 6.45) is 1.42. The highest BCUT2D eigenvalue weighted by Crippen LogP contribution is 2.20. The molecule has 31 heavy (non-hydrogen) atoms. The van der Waals surface area contributed by atoms with E-state index in [0.29, 0.717) is 22.0 Å². The van der Waals surface area contributed by atoms with Gasteiger partial charge < -0.3 is 14.8 Å². The fraction of sp³-hybridized carbons (Fsp3) is 0.273. The summed E-state index contributed by atoms with van der Waals surface area (Å²) in [6.45, 7) is 3.68. The normalized spacial score (nSPS) is 10.5. The highest BCUT2D eigenvalue weighted by molar-refractivity contribution is 6.31. The molecule has 0 aromatic heterocycles. The minimum Gasteiger partial charge on any atom is -0.482 e. The Morgan fingerprint density at radius 1 is 1.10 bits per heavy atom. The zero-order chi connectivity index (χ0) is 22.6. The number of halogens is 1. The van der Waals surface area contributed by atoms with Crippen LogP contribution in [0.15, 0.2) is 47.6 Å². The molecule has 2 aromatic carbocycles. The SMILES string of the molecule is CCOC(=O)COc1cccc(C=NNC(=O)CCC(=O)Nc2ccc(C)c(Cl)c2)c1. The molecule has 9 heteroatoms. The van der Waals surface area contributed by atoms with E-state index < -0.39 is 11.9 Å². The summed E-state index contributed by atoms with van der Waals surface area (Å²) in [5, 5.41) is 7.12. The van der Waals surface area contributed by atoms with Gasteiger partial charge in [-0.2, -0.15) is 5.10 Å². The lowest BCUT2D eigenvalue weighted by Gasteiger charge is -2.07. The number of ether oxygens (including phenoxy) is 2. The topological polar surface area (TPSA) is 106 Å². The van der Waals surface area contributed by atoms with E-state index >= 15 is 0 Å². The Morgan fingerprint density at radius 2 is 1.87 bits per heavy atom. The van der Waals surface area contributed by atoms with Gasteiger partial charge in [0, 0.05) is 23.6 Å². The van der Waals surface area contributed by atoms with Crippen LogP contribution in [0.4, 0.5) is 5.69 Å². The van der Waals surface area contributed by atoms with E-state index in [0.717, 1.165) is 5.56 Å². The number of amides is 2. The number of hydrogen-bond acceptors (Lipinski definition) is 6. The van der Waals surface area contributed by atoms with Crippen molar-refractivity contribution in [2.45, 2.75) is 26.7 Å². The zero-order valence-electron chi connectivity index (χ0n) is 17.3. The molecule has 0 spiro atoms. The second-order valence-electron chi connectivity index (χ2n) is 6.47. The van der Waals surface area contributed by atoms with Crippen LogP contribution in [0.5, 0.6) is 5.75 Å². The molecule has 0 aliphatic heterocycles. The number of carbonyl (C=O) groups excluding carboxylic acids is 3. The van der Waals surface area contributed by atoms with Crippen molar-refractivity contribution in [2.24, 2.45) is 5.10 Å². The summed E-state index contributed by atoms with van der Waals surface area (Å²) in [6, 6.07) is 12.0. The van der Waals surface area contributed by atoms with E-state index in [1.807, 2.05) is 6.92 Å². The standard InChI is InChI=1S/C22H24ClN3O5/c1-3-30-22(29)14-31-18-6-4-5-16(11-18)13-24-26-21(28)10-9-20(27)25-17-8-7-15(2)19(23)12-17/h4-8,11-13H,3,9-10,14H2,1-2H3,(H,25,27)(H,26,28). The molecule has 2 rings (SSSR count). The lowest BCUT2D eigenvalue weighted by Crippen LogP contribution is -2.20. The van der Waals surface area contributed by atoms with Crippen LogP contribution < -0.4 is 15.5 Å². The molecule has 0 unspecified atom stereocenters. The van der Waals surface area contributed by atoms with Crippen molar-refractivity contribution < 1.29 is 23.9 Å². The average Bonchev–Trinajstić information content (AvgIpc) is 2.74. The largest absolute Gasteiger partial charge is 0.482 e. The first kappa shape index (κ1) is 23.9. The highest BCUT2D eigenvalue weighted by atomic mass is 35.5. The van der Waals surface area contributed by atoms with Crippen molar-refractivity contribution in [1.29, 1.82) is 0 Å². The predicted octanol–water partition coefficient (Wildman–Crippen LogP) is 3.46. The molecule has 0 aliphatic carbocycles. The minimum atomic E-state index is -0.455. The van der Waals surface area contributed by atoms with Gasteiger partial charge in [-0.3, -0.25) is 9.59 Å². The molecule has 0 aliphatic rings. The van der Waals surface area contributed by atoms with E-state index in [2.05, 4.69) is 15.8 Å². The number of rotatable bonds is 10. The maximum atomic E-state index is 12.0. The first-order valence-corrected chi connectivity index (χ1v) is 10.0. The molecule has 0 heterocycles. The van der Waals surface area contributed by atoms with Crippen LogP contribution in [-0.4, -0.2) is 37.2 Å². The molecule has 2 amide bonds. The van der Waals surface area contributed by atoms with Crippen molar-refractivity contribution >= 4 is 41.3 Å². The number of anilines is 1. The van der Waals surface area contributed by atoms with E-state index in [-0.39, 0.29) is 32.0 Å². The van der Waals surface area contributed by atoms with Crippen molar-refractivity contribution in [3.63, 3.8) is 0 Å². The van der Waals surface area contributed by atoms with Gasteiger partial charge in [-0.15, -0.1) is 0 Å². The van der Waals surface area contributed by atoms with Crippen molar-refractivity contribution in [3.05, 3.63) is 58.6 Å². The number of carbonyl (C=O) groups is 3. The van der Waals surface area contributed by atoms with E-state index in [1.54, 1.807) is 49.4 Å². The molecular formula is C22H24ClN3O5. The maximum Gasteiger partial charge on any atom is 0.344 e. The average molecular weight is 446 g/mol. The van der Waals surface area contributed by atoms with Crippen LogP contribution in [0.2, 0.25) is 5.02 Å². The molecule has 0 saturated heterocycles. The third kappa shape index (κ3) is 8.88. The van der Waals surface area contributed by atoms with Gasteiger partial charge in [0.25, 0.3) is 0 Å². The molecule has 8 nitrogen and oxygen atoms in total. The van der Waals surface area contributed by atoms with Gasteiger partial charge in [0.05, 0.1) is 12.8 Å². The first-order chi connectivity index (χ1) is 14.9. The molecule has 164 valence electrons. The van der Waals surface area contributed by atoms with Crippen LogP contribution in [0, 0.1) is 6.92 Å². The van der Waals surface area contributed by atoms with Crippen molar-refractivity contribution in [3.8, 4) is 5.75 Å². The summed E-state index contributed by atoms with van der Waals surface area (Å²) in [4.78, 5) is 35.2. The number of nitrogens with zero attached hydrogens (tertiary/aromatic N) is 1. The zero-order valence-corrected chi connectivity index (χ0v) is 18.1. The van der Waals surface area contributed by atoms with Gasteiger partial charge in [0.2, 0.25) is 11.8 Å². The van der Waals surface area contributed by atoms with Crippen molar-refractivity contribution in [1.82, 2.24) is 5.43 Å². The van der Waals surface area contributed by atoms with Gasteiger partial charge in [-0.1, -0.05) is 29.8 Å². The van der Waals surface area contributed by atoms with Gasteiger partial charge in [-0.05, 0) is 49.2 Å². The Hall–Kier alpha value is -3.39. The number of benzene rings is 2. The maximum absolute atomic E-state index is 12.0.